The molecular formula is C16H15ClN2O4. The lowest BCUT2D eigenvalue weighted by molar-refractivity contribution is -0.384. The predicted octanol–water partition coefficient (Wildman–Crippen LogP) is 3.29. The molecule has 0 radical (unpaired) electrons. The van der Waals surface area contributed by atoms with Gasteiger partial charge in [-0.15, -0.1) is 0 Å². The number of carbonyl (C=O) groups is 1. The van der Waals surface area contributed by atoms with Gasteiger partial charge in [-0.3, -0.25) is 14.9 Å². The minimum atomic E-state index is -0.547. The van der Waals surface area contributed by atoms with Gasteiger partial charge in [-0.1, -0.05) is 41.9 Å². The lowest BCUT2D eigenvalue weighted by atomic mass is 10.2. The number of nitro benzene ring substituents is 1. The summed E-state index contributed by atoms with van der Waals surface area (Å²) in [5.74, 6) is 0.0157. The van der Waals surface area contributed by atoms with Crippen molar-refractivity contribution in [2.24, 2.45) is 0 Å². The van der Waals surface area contributed by atoms with Crippen LogP contribution in [0.1, 0.15) is 5.56 Å². The average Bonchev–Trinajstić information content (AvgIpc) is 2.54. The van der Waals surface area contributed by atoms with E-state index in [1.807, 2.05) is 30.3 Å². The molecule has 0 aromatic heterocycles. The van der Waals surface area contributed by atoms with Gasteiger partial charge in [-0.2, -0.15) is 0 Å². The topological polar surface area (TPSA) is 72.7 Å². The van der Waals surface area contributed by atoms with Crippen LogP contribution in [-0.2, 0) is 11.3 Å². The van der Waals surface area contributed by atoms with E-state index >= 15 is 0 Å². The fraction of sp³-hybridized carbons (Fsp3) is 0.188. The smallest absolute Gasteiger partial charge is 0.271 e. The van der Waals surface area contributed by atoms with Gasteiger partial charge in [0.15, 0.2) is 6.61 Å². The Balaban J connectivity index is 1.92. The first kappa shape index (κ1) is 16.8. The monoisotopic (exact) mass is 334 g/mol. The van der Waals surface area contributed by atoms with Crippen LogP contribution in [0, 0.1) is 10.1 Å². The molecule has 0 N–H and O–H groups in total. The zero-order valence-corrected chi connectivity index (χ0v) is 13.2. The van der Waals surface area contributed by atoms with Crippen molar-refractivity contribution in [3.8, 4) is 5.75 Å². The van der Waals surface area contributed by atoms with E-state index in [2.05, 4.69) is 0 Å². The van der Waals surface area contributed by atoms with E-state index in [0.717, 1.165) is 5.56 Å². The van der Waals surface area contributed by atoms with E-state index in [9.17, 15) is 14.9 Å². The number of carbonyl (C=O) groups excluding carboxylic acids is 1. The summed E-state index contributed by atoms with van der Waals surface area (Å²) in [4.78, 5) is 23.7. The number of halogens is 1. The molecule has 0 heterocycles. The van der Waals surface area contributed by atoms with Crippen LogP contribution in [0.3, 0.4) is 0 Å². The highest BCUT2D eigenvalue weighted by atomic mass is 35.5. The van der Waals surface area contributed by atoms with Gasteiger partial charge >= 0.3 is 0 Å². The summed E-state index contributed by atoms with van der Waals surface area (Å²) >= 11 is 5.91. The Morgan fingerprint density at radius 3 is 2.57 bits per heavy atom. The van der Waals surface area contributed by atoms with Crippen molar-refractivity contribution in [2.45, 2.75) is 6.54 Å². The number of non-ortho nitro benzene ring substituents is 1. The molecule has 2 aromatic rings. The molecule has 2 rings (SSSR count). The van der Waals surface area contributed by atoms with Crippen molar-refractivity contribution in [1.82, 2.24) is 4.90 Å². The lowest BCUT2D eigenvalue weighted by Gasteiger charge is -2.17. The fourth-order valence-corrected chi connectivity index (χ4v) is 2.14. The quantitative estimate of drug-likeness (QED) is 0.600. The van der Waals surface area contributed by atoms with E-state index in [-0.39, 0.29) is 29.0 Å². The molecule has 0 saturated heterocycles. The summed E-state index contributed by atoms with van der Waals surface area (Å²) in [5.41, 5.74) is 0.881. The molecule has 120 valence electrons. The summed E-state index contributed by atoms with van der Waals surface area (Å²) in [6, 6.07) is 13.4. The largest absolute Gasteiger partial charge is 0.482 e. The molecule has 0 aliphatic carbocycles. The Morgan fingerprint density at radius 1 is 1.26 bits per heavy atom. The molecule has 0 aliphatic heterocycles. The normalized spacial score (nSPS) is 10.2. The van der Waals surface area contributed by atoms with Gasteiger partial charge in [0.1, 0.15) is 5.75 Å². The molecule has 0 saturated carbocycles. The summed E-state index contributed by atoms with van der Waals surface area (Å²) in [5, 5.41) is 10.7. The molecule has 0 spiro atoms. The van der Waals surface area contributed by atoms with Gasteiger partial charge in [0.05, 0.1) is 9.95 Å². The van der Waals surface area contributed by atoms with E-state index in [4.69, 9.17) is 16.3 Å². The van der Waals surface area contributed by atoms with Crippen molar-refractivity contribution < 1.29 is 14.5 Å². The average molecular weight is 335 g/mol. The van der Waals surface area contributed by atoms with Crippen molar-refractivity contribution in [1.29, 1.82) is 0 Å². The highest BCUT2D eigenvalue weighted by Gasteiger charge is 2.14. The molecule has 1 amide bonds. The summed E-state index contributed by atoms with van der Waals surface area (Å²) in [6.45, 7) is 0.276. The van der Waals surface area contributed by atoms with E-state index in [1.54, 1.807) is 7.05 Å². The number of rotatable bonds is 6. The van der Waals surface area contributed by atoms with Gasteiger partial charge < -0.3 is 9.64 Å². The fourth-order valence-electron chi connectivity index (χ4n) is 1.92. The molecule has 0 bridgehead atoms. The third-order valence-corrected chi connectivity index (χ3v) is 3.46. The zero-order chi connectivity index (χ0) is 16.8. The Hall–Kier alpha value is -2.60. The second-order valence-corrected chi connectivity index (χ2v) is 5.30. The van der Waals surface area contributed by atoms with Crippen molar-refractivity contribution in [3.63, 3.8) is 0 Å². The van der Waals surface area contributed by atoms with Crippen LogP contribution >= 0.6 is 11.6 Å². The third-order valence-electron chi connectivity index (χ3n) is 3.17. The molecule has 23 heavy (non-hydrogen) atoms. The van der Waals surface area contributed by atoms with Crippen LogP contribution in [-0.4, -0.2) is 29.4 Å². The minimum Gasteiger partial charge on any atom is -0.482 e. The number of ether oxygens (including phenoxy) is 1. The van der Waals surface area contributed by atoms with Crippen molar-refractivity contribution in [2.75, 3.05) is 13.7 Å². The number of hydrogen-bond donors (Lipinski definition) is 0. The predicted molar refractivity (Wildman–Crippen MR) is 86.5 cm³/mol. The summed E-state index contributed by atoms with van der Waals surface area (Å²) in [6.07, 6.45) is 0. The third kappa shape index (κ3) is 4.69. The number of nitro groups is 1. The highest BCUT2D eigenvalue weighted by molar-refractivity contribution is 6.32. The maximum atomic E-state index is 12.1. The van der Waals surface area contributed by atoms with E-state index in [1.165, 1.54) is 23.1 Å². The molecular weight excluding hydrogens is 320 g/mol. The van der Waals surface area contributed by atoms with Crippen molar-refractivity contribution in [3.05, 3.63) is 69.2 Å². The van der Waals surface area contributed by atoms with Gasteiger partial charge in [-0.25, -0.2) is 0 Å². The number of likely N-dealkylation sites (N-methyl/N-ethyl adjacent to an activating group) is 1. The van der Waals surface area contributed by atoms with E-state index in [0.29, 0.717) is 6.54 Å². The van der Waals surface area contributed by atoms with Gasteiger partial charge in [0.25, 0.3) is 11.6 Å². The van der Waals surface area contributed by atoms with Crippen LogP contribution in [0.2, 0.25) is 5.02 Å². The van der Waals surface area contributed by atoms with E-state index < -0.39 is 4.92 Å². The molecule has 7 heteroatoms. The Morgan fingerprint density at radius 2 is 1.96 bits per heavy atom. The number of hydrogen-bond acceptors (Lipinski definition) is 4. The highest BCUT2D eigenvalue weighted by Crippen LogP contribution is 2.28. The number of nitrogens with zero attached hydrogens (tertiary/aromatic N) is 2. The molecule has 6 nitrogen and oxygen atoms in total. The van der Waals surface area contributed by atoms with Crippen molar-refractivity contribution >= 4 is 23.2 Å². The second-order valence-electron chi connectivity index (χ2n) is 4.90. The Kier molecular flexibility index (Phi) is 5.54. The molecule has 0 fully saturated rings. The van der Waals surface area contributed by atoms with Gasteiger partial charge in [0, 0.05) is 25.7 Å². The SMILES string of the molecule is CN(Cc1ccccc1)C(=O)COc1ccc([N+](=O)[O-])cc1Cl. The number of benzene rings is 2. The maximum Gasteiger partial charge on any atom is 0.271 e. The Bertz CT molecular complexity index is 706. The van der Waals surface area contributed by atoms with Crippen LogP contribution in [0.25, 0.3) is 0 Å². The molecule has 0 atom stereocenters. The first-order valence-electron chi connectivity index (χ1n) is 6.82. The molecule has 0 aliphatic rings. The van der Waals surface area contributed by atoms with Crippen LogP contribution in [0.4, 0.5) is 5.69 Å². The zero-order valence-electron chi connectivity index (χ0n) is 12.4. The lowest BCUT2D eigenvalue weighted by Crippen LogP contribution is -2.30. The van der Waals surface area contributed by atoms with Gasteiger partial charge in [0.2, 0.25) is 0 Å². The first-order valence-corrected chi connectivity index (χ1v) is 7.20. The maximum absolute atomic E-state index is 12.1. The summed E-state index contributed by atoms with van der Waals surface area (Å²) < 4.78 is 5.35. The minimum absolute atomic E-state index is 0.0951. The van der Waals surface area contributed by atoms with Crippen LogP contribution in [0.15, 0.2) is 48.5 Å². The Labute approximate surface area is 138 Å². The van der Waals surface area contributed by atoms with Gasteiger partial charge in [-0.05, 0) is 11.6 Å². The molecule has 2 aromatic carbocycles. The first-order chi connectivity index (χ1) is 11.0. The second kappa shape index (κ2) is 7.60. The van der Waals surface area contributed by atoms with Crippen LogP contribution < -0.4 is 4.74 Å². The molecule has 0 unspecified atom stereocenters. The van der Waals surface area contributed by atoms with Crippen LogP contribution in [0.5, 0.6) is 5.75 Å². The summed E-state index contributed by atoms with van der Waals surface area (Å²) in [7, 11) is 1.68. The standard InChI is InChI=1S/C16H15ClN2O4/c1-18(10-12-5-3-2-4-6-12)16(20)11-23-15-8-7-13(19(21)22)9-14(15)17/h2-9H,10-11H2,1H3. The number of amides is 1.